The first-order valence-electron chi connectivity index (χ1n) is 6.26. The number of rotatable bonds is 5. The molecule has 0 radical (unpaired) electrons. The van der Waals surface area contributed by atoms with Crippen LogP contribution in [-0.4, -0.2) is 50.7 Å². The fraction of sp³-hybridized carbons (Fsp3) is 0.500. The van der Waals surface area contributed by atoms with Crippen molar-refractivity contribution in [1.29, 1.82) is 0 Å². The van der Waals surface area contributed by atoms with Gasteiger partial charge in [-0.25, -0.2) is 4.79 Å². The molecular formula is C10H10N2Na3O11P. The zero-order valence-corrected chi connectivity index (χ0v) is 21.5. The van der Waals surface area contributed by atoms with Crippen LogP contribution in [0.3, 0.4) is 0 Å². The average Bonchev–Trinajstić information content (AvgIpc) is 2.72. The van der Waals surface area contributed by atoms with Gasteiger partial charge in [-0.2, -0.15) is 0 Å². The second-order valence-corrected chi connectivity index (χ2v) is 5.94. The summed E-state index contributed by atoms with van der Waals surface area (Å²) in [6.45, 7) is -0.940. The number of carbonyl (C=O) groups is 1. The number of H-pyrrole nitrogens is 1. The number of ether oxygens (including phenoxy) is 1. The van der Waals surface area contributed by atoms with E-state index in [-0.39, 0.29) is 88.7 Å². The zero-order valence-electron chi connectivity index (χ0n) is 14.6. The molecule has 3 N–H and O–H groups in total. The summed E-state index contributed by atoms with van der Waals surface area (Å²) < 4.78 is 19.8. The predicted molar refractivity (Wildman–Crippen MR) is 65.1 cm³/mol. The minimum absolute atomic E-state index is 0. The van der Waals surface area contributed by atoms with Crippen molar-refractivity contribution in [3.8, 4) is 0 Å². The third-order valence-electron chi connectivity index (χ3n) is 3.20. The first-order chi connectivity index (χ1) is 11.0. The third-order valence-corrected chi connectivity index (χ3v) is 3.66. The predicted octanol–water partition coefficient (Wildman–Crippen LogP) is -14.6. The van der Waals surface area contributed by atoms with E-state index in [9.17, 15) is 44.1 Å². The molecule has 1 aliphatic heterocycles. The number of aromatic amines is 1. The Kier molecular flexibility index (Phi) is 13.6. The summed E-state index contributed by atoms with van der Waals surface area (Å²) in [5, 5.41) is 30.4. The fourth-order valence-corrected chi connectivity index (χ4v) is 2.41. The molecule has 0 unspecified atom stereocenters. The summed E-state index contributed by atoms with van der Waals surface area (Å²) in [5.41, 5.74) is -3.35. The van der Waals surface area contributed by atoms with Crippen LogP contribution in [0.25, 0.3) is 0 Å². The smallest absolute Gasteiger partial charge is 0.790 e. The van der Waals surface area contributed by atoms with E-state index >= 15 is 0 Å². The SMILES string of the molecule is O=C([O-])c1cn([C@@H]2O[C@H](COP(=O)([O-])[O-])[C@@H](O)[C@H]2O)c(=O)[nH]c1=O.[Na+].[Na+].[Na+]. The number of nitrogens with one attached hydrogen (secondary N) is 1. The Bertz CT molecular complexity index is 808. The summed E-state index contributed by atoms with van der Waals surface area (Å²) in [7, 11) is -5.37. The molecule has 1 fully saturated rings. The molecule has 0 saturated carbocycles. The van der Waals surface area contributed by atoms with E-state index in [4.69, 9.17) is 4.74 Å². The molecule has 2 rings (SSSR count). The normalized spacial score (nSPS) is 24.3. The van der Waals surface area contributed by atoms with E-state index < -0.39 is 61.8 Å². The Hall–Kier alpha value is 1.14. The van der Waals surface area contributed by atoms with E-state index in [0.29, 0.717) is 10.8 Å². The summed E-state index contributed by atoms with van der Waals surface area (Å²) >= 11 is 0. The fourth-order valence-electron chi connectivity index (χ4n) is 2.08. The number of aromatic carboxylic acids is 1. The van der Waals surface area contributed by atoms with Crippen molar-refractivity contribution >= 4 is 13.8 Å². The molecule has 27 heavy (non-hydrogen) atoms. The van der Waals surface area contributed by atoms with E-state index in [2.05, 4.69) is 4.52 Å². The monoisotopic (exact) mass is 434 g/mol. The molecule has 1 saturated heterocycles. The van der Waals surface area contributed by atoms with Crippen molar-refractivity contribution in [2.24, 2.45) is 0 Å². The number of carboxylic acids is 1. The largest absolute Gasteiger partial charge is 1.00 e. The molecule has 1 aliphatic rings. The third kappa shape index (κ3) is 7.72. The first kappa shape index (κ1) is 30.3. The van der Waals surface area contributed by atoms with Crippen LogP contribution in [0.5, 0.6) is 0 Å². The minimum Gasteiger partial charge on any atom is -0.790 e. The Labute approximate surface area is 217 Å². The molecule has 1 aromatic rings. The molecule has 13 nitrogen and oxygen atoms in total. The molecule has 4 atom stereocenters. The van der Waals surface area contributed by atoms with Gasteiger partial charge in [0.15, 0.2) is 6.23 Å². The number of aromatic nitrogens is 2. The Morgan fingerprint density at radius 2 is 1.81 bits per heavy atom. The topological polar surface area (TPSA) is 217 Å². The van der Waals surface area contributed by atoms with Gasteiger partial charge in [0.1, 0.15) is 18.3 Å². The van der Waals surface area contributed by atoms with Gasteiger partial charge in [-0.05, 0) is 0 Å². The molecule has 0 spiro atoms. The summed E-state index contributed by atoms with van der Waals surface area (Å²) in [6, 6.07) is 0. The van der Waals surface area contributed by atoms with Crippen LogP contribution in [-0.2, 0) is 13.8 Å². The summed E-state index contributed by atoms with van der Waals surface area (Å²) in [4.78, 5) is 56.3. The molecule has 134 valence electrons. The maximum atomic E-state index is 11.7. The number of carboxylic acid groups (broad SMARTS) is 1. The number of carbonyl (C=O) groups excluding carboxylic acids is 1. The quantitative estimate of drug-likeness (QED) is 0.292. The minimum atomic E-state index is -5.37. The molecule has 0 bridgehead atoms. The zero-order chi connectivity index (χ0) is 18.2. The van der Waals surface area contributed by atoms with Gasteiger partial charge in [-0.1, -0.05) is 0 Å². The van der Waals surface area contributed by atoms with Gasteiger partial charge in [-0.15, -0.1) is 0 Å². The van der Waals surface area contributed by atoms with Crippen LogP contribution in [0, 0.1) is 0 Å². The van der Waals surface area contributed by atoms with Crippen LogP contribution in [0.1, 0.15) is 16.6 Å². The van der Waals surface area contributed by atoms with Gasteiger partial charge in [0, 0.05) is 6.20 Å². The number of phosphoric acid groups is 1. The molecule has 1 aromatic heterocycles. The number of aliphatic hydroxyl groups is 2. The van der Waals surface area contributed by atoms with Crippen LogP contribution in [0.4, 0.5) is 0 Å². The van der Waals surface area contributed by atoms with Gasteiger partial charge in [0.25, 0.3) is 5.56 Å². The average molecular weight is 434 g/mol. The van der Waals surface area contributed by atoms with E-state index in [1.165, 1.54) is 0 Å². The van der Waals surface area contributed by atoms with Crippen molar-refractivity contribution < 1.29 is 132 Å². The van der Waals surface area contributed by atoms with Gasteiger partial charge in [-0.3, -0.25) is 14.3 Å². The van der Waals surface area contributed by atoms with E-state index in [0.717, 1.165) is 0 Å². The molecule has 0 amide bonds. The second kappa shape index (κ2) is 12.1. The van der Waals surface area contributed by atoms with Crippen LogP contribution >= 0.6 is 7.82 Å². The number of nitrogens with zero attached hydrogens (tertiary/aromatic N) is 1. The molecule has 0 aliphatic carbocycles. The summed E-state index contributed by atoms with van der Waals surface area (Å²) in [6.07, 6.45) is -6.21. The Balaban J connectivity index is 0. The van der Waals surface area contributed by atoms with Crippen molar-refractivity contribution in [3.63, 3.8) is 0 Å². The van der Waals surface area contributed by atoms with Crippen LogP contribution in [0.2, 0.25) is 0 Å². The van der Waals surface area contributed by atoms with E-state index in [1.54, 1.807) is 4.98 Å². The van der Waals surface area contributed by atoms with Crippen molar-refractivity contribution in [3.05, 3.63) is 32.6 Å². The first-order valence-corrected chi connectivity index (χ1v) is 7.72. The number of hydrogen-bond acceptors (Lipinski definition) is 11. The van der Waals surface area contributed by atoms with Gasteiger partial charge in [0.2, 0.25) is 0 Å². The Morgan fingerprint density at radius 3 is 2.30 bits per heavy atom. The number of hydrogen-bond donors (Lipinski definition) is 3. The Morgan fingerprint density at radius 1 is 1.26 bits per heavy atom. The van der Waals surface area contributed by atoms with Crippen molar-refractivity contribution in [1.82, 2.24) is 9.55 Å². The van der Waals surface area contributed by atoms with Crippen LogP contribution in [0.15, 0.2) is 15.8 Å². The molecule has 0 aromatic carbocycles. The van der Waals surface area contributed by atoms with Crippen LogP contribution < -0.4 is 115 Å². The standard InChI is InChI=1S/C10H13N2O11P.3Na/c13-5-4(2-22-24(19,20)21)23-8(6(5)14)12-1-3(9(16)17)7(15)11-10(12)18;;;/h1,4-6,8,13-14H,2H2,(H,16,17)(H,11,15,18)(H2,19,20,21);;;/q;3*+1/p-3/t4-,5-,6-,8-;;;/m1.../s1. The second-order valence-electron chi connectivity index (χ2n) is 4.79. The van der Waals surface area contributed by atoms with Crippen molar-refractivity contribution in [2.45, 2.75) is 24.5 Å². The van der Waals surface area contributed by atoms with E-state index in [1.807, 2.05) is 0 Å². The maximum Gasteiger partial charge on any atom is 1.00 e. The van der Waals surface area contributed by atoms with Gasteiger partial charge >= 0.3 is 94.4 Å². The van der Waals surface area contributed by atoms with Gasteiger partial charge in [0.05, 0.1) is 26.0 Å². The number of phosphoric ester groups is 1. The maximum absolute atomic E-state index is 11.7. The molecular weight excluding hydrogens is 424 g/mol. The summed E-state index contributed by atoms with van der Waals surface area (Å²) in [5.74, 6) is -1.91. The van der Waals surface area contributed by atoms with Gasteiger partial charge < -0.3 is 43.7 Å². The van der Waals surface area contributed by atoms with Crippen molar-refractivity contribution in [2.75, 3.05) is 6.61 Å². The molecule has 2 heterocycles. The number of aliphatic hydroxyl groups excluding tert-OH is 2. The molecule has 17 heteroatoms.